The molecule has 2 aromatic rings. The Morgan fingerprint density at radius 1 is 1.16 bits per heavy atom. The van der Waals surface area contributed by atoms with Gasteiger partial charge in [0.2, 0.25) is 0 Å². The lowest BCUT2D eigenvalue weighted by Crippen LogP contribution is -2.12. The van der Waals surface area contributed by atoms with E-state index in [1.165, 1.54) is 7.11 Å². The van der Waals surface area contributed by atoms with E-state index in [0.717, 1.165) is 12.8 Å². The fourth-order valence-corrected chi connectivity index (χ4v) is 2.60. The molecule has 5 nitrogen and oxygen atoms in total. The molecule has 0 bridgehead atoms. The third kappa shape index (κ3) is 4.94. The number of carbonyl (C=O) groups is 1. The van der Waals surface area contributed by atoms with Crippen LogP contribution in [0.1, 0.15) is 30.1 Å². The number of nitrogens with one attached hydrogen (secondary N) is 1. The third-order valence-electron chi connectivity index (χ3n) is 3.52. The normalized spacial score (nSPS) is 10.4. The lowest BCUT2D eigenvalue weighted by molar-refractivity contribution is 0.102. The van der Waals surface area contributed by atoms with E-state index in [1.807, 2.05) is 0 Å². The molecule has 0 aromatic heterocycles. The van der Waals surface area contributed by atoms with Crippen molar-refractivity contribution in [2.75, 3.05) is 24.8 Å². The van der Waals surface area contributed by atoms with Crippen LogP contribution in [0.2, 0.25) is 10.0 Å². The van der Waals surface area contributed by atoms with Gasteiger partial charge in [-0.1, -0.05) is 36.5 Å². The average molecular weight is 383 g/mol. The van der Waals surface area contributed by atoms with Crippen LogP contribution >= 0.6 is 23.2 Å². The molecule has 0 saturated heterocycles. The molecular formula is C18H20Cl2N2O3. The molecule has 25 heavy (non-hydrogen) atoms. The van der Waals surface area contributed by atoms with E-state index in [4.69, 9.17) is 38.4 Å². The van der Waals surface area contributed by atoms with Gasteiger partial charge in [-0.15, -0.1) is 0 Å². The van der Waals surface area contributed by atoms with Gasteiger partial charge in [-0.05, 0) is 36.8 Å². The SMILES string of the molecule is CCCCOc1ccc(C(=O)Nc2cc(Cl)c(N)c(Cl)c2)cc1OC. The van der Waals surface area contributed by atoms with Crippen molar-refractivity contribution < 1.29 is 14.3 Å². The Bertz CT molecular complexity index is 743. The summed E-state index contributed by atoms with van der Waals surface area (Å²) in [5, 5.41) is 3.29. The number of amides is 1. The molecule has 0 unspecified atom stereocenters. The van der Waals surface area contributed by atoms with Crippen molar-refractivity contribution in [3.05, 3.63) is 45.9 Å². The van der Waals surface area contributed by atoms with Crippen molar-refractivity contribution in [2.24, 2.45) is 0 Å². The van der Waals surface area contributed by atoms with Gasteiger partial charge in [0.1, 0.15) is 0 Å². The Balaban J connectivity index is 2.16. The number of unbranched alkanes of at least 4 members (excludes halogenated alkanes) is 1. The highest BCUT2D eigenvalue weighted by Crippen LogP contribution is 2.32. The largest absolute Gasteiger partial charge is 0.493 e. The highest BCUT2D eigenvalue weighted by atomic mass is 35.5. The van der Waals surface area contributed by atoms with Gasteiger partial charge in [-0.2, -0.15) is 0 Å². The first-order chi connectivity index (χ1) is 12.0. The molecule has 1 amide bonds. The van der Waals surface area contributed by atoms with Gasteiger partial charge in [-0.3, -0.25) is 4.79 Å². The first kappa shape index (κ1) is 19.2. The topological polar surface area (TPSA) is 73.6 Å². The van der Waals surface area contributed by atoms with E-state index < -0.39 is 0 Å². The summed E-state index contributed by atoms with van der Waals surface area (Å²) < 4.78 is 11.0. The van der Waals surface area contributed by atoms with Crippen LogP contribution in [0.3, 0.4) is 0 Å². The van der Waals surface area contributed by atoms with E-state index in [9.17, 15) is 4.79 Å². The molecule has 7 heteroatoms. The van der Waals surface area contributed by atoms with Crippen molar-refractivity contribution >= 4 is 40.5 Å². The summed E-state index contributed by atoms with van der Waals surface area (Å²) in [5.74, 6) is 0.776. The first-order valence-electron chi connectivity index (χ1n) is 7.83. The van der Waals surface area contributed by atoms with Crippen molar-refractivity contribution in [1.82, 2.24) is 0 Å². The van der Waals surface area contributed by atoms with Gasteiger partial charge in [0.15, 0.2) is 11.5 Å². The van der Waals surface area contributed by atoms with Crippen molar-refractivity contribution in [1.29, 1.82) is 0 Å². The van der Waals surface area contributed by atoms with Crippen LogP contribution in [-0.2, 0) is 0 Å². The molecule has 0 aliphatic heterocycles. The van der Waals surface area contributed by atoms with E-state index in [-0.39, 0.29) is 21.6 Å². The molecule has 3 N–H and O–H groups in total. The zero-order valence-corrected chi connectivity index (χ0v) is 15.6. The van der Waals surface area contributed by atoms with Crippen molar-refractivity contribution in [2.45, 2.75) is 19.8 Å². The molecule has 0 heterocycles. The second-order valence-electron chi connectivity index (χ2n) is 5.38. The summed E-state index contributed by atoms with van der Waals surface area (Å²) in [4.78, 5) is 12.4. The maximum Gasteiger partial charge on any atom is 0.255 e. The summed E-state index contributed by atoms with van der Waals surface area (Å²) >= 11 is 12.0. The zero-order chi connectivity index (χ0) is 18.4. The molecule has 0 saturated carbocycles. The predicted molar refractivity (Wildman–Crippen MR) is 102 cm³/mol. The minimum Gasteiger partial charge on any atom is -0.493 e. The van der Waals surface area contributed by atoms with Crippen LogP contribution < -0.4 is 20.5 Å². The van der Waals surface area contributed by atoms with Gasteiger partial charge in [-0.25, -0.2) is 0 Å². The highest BCUT2D eigenvalue weighted by molar-refractivity contribution is 6.39. The molecule has 2 rings (SSSR count). The smallest absolute Gasteiger partial charge is 0.255 e. The van der Waals surface area contributed by atoms with Crippen LogP contribution in [0.5, 0.6) is 11.5 Å². The van der Waals surface area contributed by atoms with Crippen LogP contribution in [0, 0.1) is 0 Å². The van der Waals surface area contributed by atoms with Gasteiger partial charge >= 0.3 is 0 Å². The Labute approximate surface area is 157 Å². The molecule has 0 spiro atoms. The number of rotatable bonds is 7. The summed E-state index contributed by atoms with van der Waals surface area (Å²) in [5.41, 5.74) is 6.84. The summed E-state index contributed by atoms with van der Waals surface area (Å²) in [7, 11) is 1.53. The number of nitrogen functional groups attached to an aromatic ring is 1. The number of ether oxygens (including phenoxy) is 2. The summed E-state index contributed by atoms with van der Waals surface area (Å²) in [6.07, 6.45) is 1.99. The minimum absolute atomic E-state index is 0.275. The zero-order valence-electron chi connectivity index (χ0n) is 14.1. The number of anilines is 2. The number of halogens is 2. The second-order valence-corrected chi connectivity index (χ2v) is 6.19. The second kappa shape index (κ2) is 8.83. The van der Waals surface area contributed by atoms with E-state index in [2.05, 4.69) is 12.2 Å². The Morgan fingerprint density at radius 3 is 2.44 bits per heavy atom. The maximum absolute atomic E-state index is 12.4. The lowest BCUT2D eigenvalue weighted by atomic mass is 10.1. The quantitative estimate of drug-likeness (QED) is 0.520. The Hall–Kier alpha value is -2.11. The van der Waals surface area contributed by atoms with Crippen LogP contribution in [-0.4, -0.2) is 19.6 Å². The number of hydrogen-bond donors (Lipinski definition) is 2. The van der Waals surface area contributed by atoms with E-state index in [0.29, 0.717) is 29.4 Å². The van der Waals surface area contributed by atoms with Gasteiger partial charge in [0, 0.05) is 11.3 Å². The molecule has 2 aromatic carbocycles. The van der Waals surface area contributed by atoms with E-state index in [1.54, 1.807) is 30.3 Å². The molecule has 0 aliphatic carbocycles. The van der Waals surface area contributed by atoms with E-state index >= 15 is 0 Å². The summed E-state index contributed by atoms with van der Waals surface area (Å²) in [6.45, 7) is 2.69. The molecule has 0 radical (unpaired) electrons. The monoisotopic (exact) mass is 382 g/mol. The third-order valence-corrected chi connectivity index (χ3v) is 4.14. The number of benzene rings is 2. The number of carbonyl (C=O) groups excluding carboxylic acids is 1. The van der Waals surface area contributed by atoms with Crippen molar-refractivity contribution in [3.8, 4) is 11.5 Å². The number of hydrogen-bond acceptors (Lipinski definition) is 4. The molecule has 0 fully saturated rings. The van der Waals surface area contributed by atoms with Gasteiger partial charge in [0.05, 0.1) is 29.4 Å². The average Bonchev–Trinajstić information content (AvgIpc) is 2.59. The van der Waals surface area contributed by atoms with Gasteiger partial charge in [0.25, 0.3) is 5.91 Å². The van der Waals surface area contributed by atoms with Crippen LogP contribution in [0.25, 0.3) is 0 Å². The fourth-order valence-electron chi connectivity index (χ4n) is 2.11. The Kier molecular flexibility index (Phi) is 6.79. The molecule has 134 valence electrons. The highest BCUT2D eigenvalue weighted by Gasteiger charge is 2.13. The van der Waals surface area contributed by atoms with Gasteiger partial charge < -0.3 is 20.5 Å². The van der Waals surface area contributed by atoms with Crippen molar-refractivity contribution in [3.63, 3.8) is 0 Å². The standard InChI is InChI=1S/C18H20Cl2N2O3/c1-3-4-7-25-15-6-5-11(8-16(15)24-2)18(23)22-12-9-13(19)17(21)14(20)10-12/h5-6,8-10H,3-4,7,21H2,1-2H3,(H,22,23). The first-order valence-corrected chi connectivity index (χ1v) is 8.58. The predicted octanol–water partition coefficient (Wildman–Crippen LogP) is 5.02. The number of methoxy groups -OCH3 is 1. The fraction of sp³-hybridized carbons (Fsp3) is 0.278. The Morgan fingerprint density at radius 2 is 1.84 bits per heavy atom. The minimum atomic E-state index is -0.324. The lowest BCUT2D eigenvalue weighted by Gasteiger charge is -2.12. The maximum atomic E-state index is 12.4. The molecule has 0 atom stereocenters. The summed E-state index contributed by atoms with van der Waals surface area (Å²) in [6, 6.07) is 8.09. The van der Waals surface area contributed by atoms with Crippen LogP contribution in [0.15, 0.2) is 30.3 Å². The molecule has 0 aliphatic rings. The molecular weight excluding hydrogens is 363 g/mol. The van der Waals surface area contributed by atoms with Crippen LogP contribution in [0.4, 0.5) is 11.4 Å². The number of nitrogens with two attached hydrogens (primary N) is 1.